The molecule has 2 N–H and O–H groups in total. The highest BCUT2D eigenvalue weighted by Crippen LogP contribution is 2.22. The number of alkyl halides is 3. The molecule has 0 saturated carbocycles. The molecule has 2 aliphatic heterocycles. The van der Waals surface area contributed by atoms with Crippen molar-refractivity contribution in [2.75, 3.05) is 6.54 Å². The number of carbonyl (C=O) groups is 2. The normalized spacial score (nSPS) is 27.1. The SMILES string of the molecule is CC[C@@H]1CC[C@@H](C(=O)N2CCC[C@H]2C#N)N1.O=C(O)C(F)(F)F. The molecule has 0 aliphatic carbocycles. The molecular weight excluding hydrogens is 315 g/mol. The summed E-state index contributed by atoms with van der Waals surface area (Å²) in [7, 11) is 0. The standard InChI is InChI=1S/C12H19N3O.C2HF3O2/c1-2-9-5-6-11(14-9)12(16)15-7-3-4-10(15)8-13;3-2(4,5)1(6)7/h9-11,14H,2-7H2,1H3;(H,6,7)/t9-,10+,11+;/m1./s1. The quantitative estimate of drug-likeness (QED) is 0.800. The number of carboxylic acid groups (broad SMARTS) is 1. The number of aliphatic carboxylic acids is 1. The number of nitrogens with one attached hydrogen (secondary N) is 1. The monoisotopic (exact) mass is 335 g/mol. The van der Waals surface area contributed by atoms with E-state index in [1.54, 1.807) is 4.90 Å². The second-order valence-corrected chi connectivity index (χ2v) is 5.52. The van der Waals surface area contributed by atoms with Crippen molar-refractivity contribution in [3.63, 3.8) is 0 Å². The van der Waals surface area contributed by atoms with E-state index in [2.05, 4.69) is 18.3 Å². The summed E-state index contributed by atoms with van der Waals surface area (Å²) in [6, 6.07) is 2.48. The van der Waals surface area contributed by atoms with Crippen LogP contribution >= 0.6 is 0 Å². The number of amides is 1. The van der Waals surface area contributed by atoms with Gasteiger partial charge in [-0.1, -0.05) is 6.92 Å². The minimum atomic E-state index is -5.08. The molecule has 0 spiro atoms. The highest BCUT2D eigenvalue weighted by Gasteiger charge is 2.38. The molecule has 2 heterocycles. The summed E-state index contributed by atoms with van der Waals surface area (Å²) in [5, 5.41) is 19.4. The first kappa shape index (κ1) is 19.2. The molecule has 23 heavy (non-hydrogen) atoms. The summed E-state index contributed by atoms with van der Waals surface area (Å²) >= 11 is 0. The number of carbonyl (C=O) groups excluding carboxylic acids is 1. The largest absolute Gasteiger partial charge is 0.490 e. The number of nitriles is 1. The molecule has 2 aliphatic rings. The Morgan fingerprint density at radius 3 is 2.39 bits per heavy atom. The van der Waals surface area contributed by atoms with Crippen molar-refractivity contribution < 1.29 is 27.9 Å². The van der Waals surface area contributed by atoms with E-state index in [0.717, 1.165) is 38.6 Å². The van der Waals surface area contributed by atoms with Crippen LogP contribution < -0.4 is 5.32 Å². The van der Waals surface area contributed by atoms with Gasteiger partial charge < -0.3 is 15.3 Å². The average Bonchev–Trinajstić information content (AvgIpc) is 3.14. The van der Waals surface area contributed by atoms with E-state index in [0.29, 0.717) is 6.04 Å². The molecule has 0 aromatic heterocycles. The molecule has 3 atom stereocenters. The van der Waals surface area contributed by atoms with Crippen molar-refractivity contribution in [1.82, 2.24) is 10.2 Å². The van der Waals surface area contributed by atoms with Crippen LogP contribution in [0.1, 0.15) is 39.0 Å². The van der Waals surface area contributed by atoms with Crippen LogP contribution in [-0.4, -0.2) is 52.7 Å². The second kappa shape index (κ2) is 8.15. The maximum Gasteiger partial charge on any atom is 0.490 e. The van der Waals surface area contributed by atoms with Crippen molar-refractivity contribution in [1.29, 1.82) is 5.26 Å². The molecule has 1 amide bonds. The fourth-order valence-electron chi connectivity index (χ4n) is 2.70. The van der Waals surface area contributed by atoms with E-state index in [1.165, 1.54) is 0 Å². The minimum absolute atomic E-state index is 0.0427. The molecule has 0 aromatic carbocycles. The Balaban J connectivity index is 0.000000322. The van der Waals surface area contributed by atoms with Gasteiger partial charge in [0.2, 0.25) is 5.91 Å². The Kier molecular flexibility index (Phi) is 6.81. The molecule has 130 valence electrons. The fourth-order valence-corrected chi connectivity index (χ4v) is 2.70. The summed E-state index contributed by atoms with van der Waals surface area (Å²) < 4.78 is 31.7. The zero-order valence-electron chi connectivity index (χ0n) is 12.8. The van der Waals surface area contributed by atoms with Crippen molar-refractivity contribution in [3.05, 3.63) is 0 Å². The molecule has 0 radical (unpaired) electrons. The first-order valence-electron chi connectivity index (χ1n) is 7.47. The third-order valence-corrected chi connectivity index (χ3v) is 3.96. The first-order chi connectivity index (χ1) is 10.7. The minimum Gasteiger partial charge on any atom is -0.475 e. The van der Waals surface area contributed by atoms with Crippen LogP contribution in [-0.2, 0) is 9.59 Å². The Morgan fingerprint density at radius 1 is 1.35 bits per heavy atom. The number of likely N-dealkylation sites (tertiary alicyclic amines) is 1. The maximum absolute atomic E-state index is 12.2. The maximum atomic E-state index is 12.2. The molecule has 2 rings (SSSR count). The molecule has 0 aromatic rings. The zero-order valence-corrected chi connectivity index (χ0v) is 12.8. The van der Waals surface area contributed by atoms with Gasteiger partial charge in [-0.25, -0.2) is 4.79 Å². The van der Waals surface area contributed by atoms with Crippen molar-refractivity contribution >= 4 is 11.9 Å². The van der Waals surface area contributed by atoms with Gasteiger partial charge in [-0.2, -0.15) is 18.4 Å². The van der Waals surface area contributed by atoms with Crippen LogP contribution in [0.5, 0.6) is 0 Å². The number of hydrogen-bond acceptors (Lipinski definition) is 4. The van der Waals surface area contributed by atoms with Gasteiger partial charge in [0.25, 0.3) is 0 Å². The van der Waals surface area contributed by atoms with E-state index < -0.39 is 12.1 Å². The summed E-state index contributed by atoms with van der Waals surface area (Å²) in [6.07, 6.45) is -0.199. The van der Waals surface area contributed by atoms with Crippen LogP contribution in [0.2, 0.25) is 0 Å². The Hall–Kier alpha value is -1.82. The van der Waals surface area contributed by atoms with Gasteiger partial charge in [0.1, 0.15) is 6.04 Å². The number of nitrogens with zero attached hydrogens (tertiary/aromatic N) is 2. The van der Waals surface area contributed by atoms with E-state index in [4.69, 9.17) is 15.2 Å². The Labute approximate surface area is 132 Å². The van der Waals surface area contributed by atoms with Crippen molar-refractivity contribution in [2.24, 2.45) is 0 Å². The molecule has 2 fully saturated rings. The topological polar surface area (TPSA) is 93.4 Å². The predicted octanol–water partition coefficient (Wildman–Crippen LogP) is 1.66. The van der Waals surface area contributed by atoms with Gasteiger partial charge in [-0.15, -0.1) is 0 Å². The van der Waals surface area contributed by atoms with E-state index >= 15 is 0 Å². The first-order valence-corrected chi connectivity index (χ1v) is 7.47. The van der Waals surface area contributed by atoms with E-state index in [9.17, 15) is 18.0 Å². The molecule has 0 unspecified atom stereocenters. The number of halogens is 3. The van der Waals surface area contributed by atoms with Gasteiger partial charge in [-0.05, 0) is 32.1 Å². The number of carboxylic acids is 1. The van der Waals surface area contributed by atoms with Crippen LogP contribution in [0.3, 0.4) is 0 Å². The van der Waals surface area contributed by atoms with Crippen LogP contribution in [0, 0.1) is 11.3 Å². The summed E-state index contributed by atoms with van der Waals surface area (Å²) in [5.41, 5.74) is 0. The van der Waals surface area contributed by atoms with Crippen LogP contribution in [0.15, 0.2) is 0 Å². The molecular formula is C14H20F3N3O3. The fraction of sp³-hybridized carbons (Fsp3) is 0.786. The highest BCUT2D eigenvalue weighted by atomic mass is 19.4. The van der Waals surface area contributed by atoms with Gasteiger partial charge in [0, 0.05) is 12.6 Å². The number of hydrogen-bond donors (Lipinski definition) is 2. The molecule has 6 nitrogen and oxygen atoms in total. The average molecular weight is 335 g/mol. The third kappa shape index (κ3) is 5.39. The molecule has 9 heteroatoms. The van der Waals surface area contributed by atoms with Crippen molar-refractivity contribution in [3.8, 4) is 6.07 Å². The third-order valence-electron chi connectivity index (χ3n) is 3.96. The summed E-state index contributed by atoms with van der Waals surface area (Å²) in [6.45, 7) is 2.89. The lowest BCUT2D eigenvalue weighted by atomic mass is 10.1. The lowest BCUT2D eigenvalue weighted by Crippen LogP contribution is -2.46. The lowest BCUT2D eigenvalue weighted by Gasteiger charge is -2.23. The smallest absolute Gasteiger partial charge is 0.475 e. The van der Waals surface area contributed by atoms with Gasteiger partial charge in [0.15, 0.2) is 0 Å². The van der Waals surface area contributed by atoms with E-state index in [1.807, 2.05) is 0 Å². The molecule has 0 bridgehead atoms. The second-order valence-electron chi connectivity index (χ2n) is 5.52. The van der Waals surface area contributed by atoms with Gasteiger partial charge >= 0.3 is 12.1 Å². The molecule has 2 saturated heterocycles. The van der Waals surface area contributed by atoms with Gasteiger partial charge in [-0.3, -0.25) is 4.79 Å². The zero-order chi connectivity index (χ0) is 17.6. The predicted molar refractivity (Wildman–Crippen MR) is 74.3 cm³/mol. The Bertz CT molecular complexity index is 476. The highest BCUT2D eigenvalue weighted by molar-refractivity contribution is 5.83. The van der Waals surface area contributed by atoms with Crippen LogP contribution in [0.25, 0.3) is 0 Å². The Morgan fingerprint density at radius 2 is 1.96 bits per heavy atom. The van der Waals surface area contributed by atoms with Gasteiger partial charge in [0.05, 0.1) is 12.1 Å². The number of rotatable bonds is 2. The van der Waals surface area contributed by atoms with Crippen LogP contribution in [0.4, 0.5) is 13.2 Å². The lowest BCUT2D eigenvalue weighted by molar-refractivity contribution is -0.192. The van der Waals surface area contributed by atoms with E-state index in [-0.39, 0.29) is 18.0 Å². The summed E-state index contributed by atoms with van der Waals surface area (Å²) in [5.74, 6) is -2.62. The van der Waals surface area contributed by atoms with Crippen molar-refractivity contribution in [2.45, 2.75) is 63.3 Å². The summed E-state index contributed by atoms with van der Waals surface area (Å²) in [4.78, 5) is 22.8.